The quantitative estimate of drug-likeness (QED) is 0.673. The van der Waals surface area contributed by atoms with Crippen molar-refractivity contribution in [3.05, 3.63) is 24.0 Å². The Hall–Kier alpha value is -1.29. The Kier molecular flexibility index (Phi) is 7.26. The molecule has 1 rings (SSSR count). The highest BCUT2D eigenvalue weighted by atomic mass is 16.1. The Balaban J connectivity index is 2.20. The van der Waals surface area contributed by atoms with E-state index in [0.717, 1.165) is 32.5 Å². The third-order valence-electron chi connectivity index (χ3n) is 3.24. The summed E-state index contributed by atoms with van der Waals surface area (Å²) in [7, 11) is 0. The van der Waals surface area contributed by atoms with Gasteiger partial charge in [0.25, 0.3) is 0 Å². The smallest absolute Gasteiger partial charge is 0.221 e. The second kappa shape index (κ2) is 8.75. The molecule has 1 heterocycles. The van der Waals surface area contributed by atoms with Crippen molar-refractivity contribution in [1.82, 2.24) is 15.2 Å². The predicted molar refractivity (Wildman–Crippen MR) is 78.9 cm³/mol. The molecule has 108 valence electrons. The molecule has 4 nitrogen and oxygen atoms in total. The van der Waals surface area contributed by atoms with E-state index >= 15 is 0 Å². The number of amides is 1. The fraction of sp³-hybridized carbons (Fsp3) is 0.667. The molecule has 0 spiro atoms. The molecule has 0 fully saturated rings. The molecule has 1 atom stereocenters. The highest BCUT2D eigenvalue weighted by molar-refractivity contribution is 5.76. The zero-order valence-electron chi connectivity index (χ0n) is 12.4. The van der Waals surface area contributed by atoms with Crippen molar-refractivity contribution in [2.24, 2.45) is 0 Å². The first-order valence-corrected chi connectivity index (χ1v) is 7.31. The number of hydrogen-bond donors (Lipinski definition) is 2. The van der Waals surface area contributed by atoms with Crippen molar-refractivity contribution in [2.45, 2.75) is 59.2 Å². The molecule has 0 saturated heterocycles. The minimum absolute atomic E-state index is 0.130. The topological polar surface area (TPSA) is 46.1 Å². The van der Waals surface area contributed by atoms with Gasteiger partial charge in [-0.05, 0) is 31.9 Å². The van der Waals surface area contributed by atoms with Crippen LogP contribution in [0.4, 0.5) is 0 Å². The summed E-state index contributed by atoms with van der Waals surface area (Å²) in [5.41, 5.74) is 1.28. The van der Waals surface area contributed by atoms with Crippen molar-refractivity contribution in [3.8, 4) is 0 Å². The molecule has 1 aromatic heterocycles. The molecule has 1 amide bonds. The van der Waals surface area contributed by atoms with Gasteiger partial charge in [-0.15, -0.1) is 0 Å². The molecule has 0 bridgehead atoms. The molecular weight excluding hydrogens is 238 g/mol. The van der Waals surface area contributed by atoms with Crippen LogP contribution < -0.4 is 10.6 Å². The number of nitrogens with one attached hydrogen (secondary N) is 2. The summed E-state index contributed by atoms with van der Waals surface area (Å²) >= 11 is 0. The summed E-state index contributed by atoms with van der Waals surface area (Å²) < 4.78 is 2.26. The Labute approximate surface area is 116 Å². The van der Waals surface area contributed by atoms with E-state index in [1.807, 2.05) is 6.92 Å². The first-order valence-electron chi connectivity index (χ1n) is 7.31. The number of carbonyl (C=O) groups is 1. The maximum atomic E-state index is 11.6. The van der Waals surface area contributed by atoms with Gasteiger partial charge in [0.05, 0.1) is 0 Å². The lowest BCUT2D eigenvalue weighted by atomic mass is 10.2. The van der Waals surface area contributed by atoms with Gasteiger partial charge in [0, 0.05) is 44.0 Å². The first kappa shape index (κ1) is 15.8. The monoisotopic (exact) mass is 265 g/mol. The molecule has 0 aliphatic rings. The van der Waals surface area contributed by atoms with E-state index in [2.05, 4.69) is 47.4 Å². The molecule has 0 radical (unpaired) electrons. The zero-order valence-corrected chi connectivity index (χ0v) is 12.4. The second-order valence-corrected chi connectivity index (χ2v) is 5.00. The van der Waals surface area contributed by atoms with Crippen LogP contribution in [-0.4, -0.2) is 23.1 Å². The second-order valence-electron chi connectivity index (χ2n) is 5.00. The largest absolute Gasteiger partial charge is 0.354 e. The van der Waals surface area contributed by atoms with Crippen LogP contribution in [0.3, 0.4) is 0 Å². The average molecular weight is 265 g/mol. The van der Waals surface area contributed by atoms with Gasteiger partial charge in [-0.25, -0.2) is 0 Å². The average Bonchev–Trinajstić information content (AvgIpc) is 2.82. The number of hydrogen-bond acceptors (Lipinski definition) is 2. The summed E-state index contributed by atoms with van der Waals surface area (Å²) in [5.74, 6) is 0.130. The lowest BCUT2D eigenvalue weighted by molar-refractivity contribution is -0.121. The van der Waals surface area contributed by atoms with E-state index in [1.54, 1.807) is 0 Å². The predicted octanol–water partition coefficient (Wildman–Crippen LogP) is 2.29. The van der Waals surface area contributed by atoms with E-state index in [1.165, 1.54) is 5.69 Å². The third kappa shape index (κ3) is 5.92. The maximum Gasteiger partial charge on any atom is 0.221 e. The van der Waals surface area contributed by atoms with Gasteiger partial charge in [-0.2, -0.15) is 0 Å². The van der Waals surface area contributed by atoms with E-state index < -0.39 is 0 Å². The fourth-order valence-electron chi connectivity index (χ4n) is 1.94. The summed E-state index contributed by atoms with van der Waals surface area (Å²) in [6.07, 6.45) is 4.76. The number of aryl methyl sites for hydroxylation is 1. The van der Waals surface area contributed by atoms with E-state index in [0.29, 0.717) is 6.42 Å². The van der Waals surface area contributed by atoms with Gasteiger partial charge >= 0.3 is 0 Å². The van der Waals surface area contributed by atoms with Crippen molar-refractivity contribution >= 4 is 5.91 Å². The Bertz CT molecular complexity index is 373. The van der Waals surface area contributed by atoms with Crippen LogP contribution in [0.5, 0.6) is 0 Å². The van der Waals surface area contributed by atoms with Gasteiger partial charge in [0.2, 0.25) is 5.91 Å². The third-order valence-corrected chi connectivity index (χ3v) is 3.24. The van der Waals surface area contributed by atoms with Crippen LogP contribution >= 0.6 is 0 Å². The van der Waals surface area contributed by atoms with Crippen LogP contribution in [0.1, 0.15) is 45.7 Å². The molecule has 0 aromatic carbocycles. The normalized spacial score (nSPS) is 12.4. The van der Waals surface area contributed by atoms with Crippen LogP contribution in [0.25, 0.3) is 0 Å². The lowest BCUT2D eigenvalue weighted by Crippen LogP contribution is -2.34. The Morgan fingerprint density at radius 3 is 2.89 bits per heavy atom. The standard InChI is InChI=1S/C15H27N3O/c1-4-10-18-11-6-7-14(18)12-16-9-8-15(19)17-13(3)5-2/h6-7,11,13,16H,4-5,8-10,12H2,1-3H3,(H,17,19). The first-order chi connectivity index (χ1) is 9.17. The summed E-state index contributed by atoms with van der Waals surface area (Å²) in [4.78, 5) is 11.6. The number of nitrogens with zero attached hydrogens (tertiary/aromatic N) is 1. The van der Waals surface area contributed by atoms with Crippen molar-refractivity contribution in [1.29, 1.82) is 0 Å². The molecule has 0 aliphatic carbocycles. The number of aromatic nitrogens is 1. The molecule has 1 aromatic rings. The molecule has 0 aliphatic heterocycles. The SMILES string of the molecule is CCCn1cccc1CNCCC(=O)NC(C)CC. The summed E-state index contributed by atoms with van der Waals surface area (Å²) in [5, 5.41) is 6.30. The molecule has 0 saturated carbocycles. The highest BCUT2D eigenvalue weighted by Gasteiger charge is 2.05. The minimum atomic E-state index is 0.130. The van der Waals surface area contributed by atoms with E-state index in [9.17, 15) is 4.79 Å². The van der Waals surface area contributed by atoms with Crippen LogP contribution in [0.15, 0.2) is 18.3 Å². The molecule has 2 N–H and O–H groups in total. The van der Waals surface area contributed by atoms with Gasteiger partial charge in [0.1, 0.15) is 0 Å². The molecule has 1 unspecified atom stereocenters. The molecular formula is C15H27N3O. The lowest BCUT2D eigenvalue weighted by Gasteiger charge is -2.12. The maximum absolute atomic E-state index is 11.6. The van der Waals surface area contributed by atoms with Gasteiger partial charge in [0.15, 0.2) is 0 Å². The van der Waals surface area contributed by atoms with Gasteiger partial charge in [-0.1, -0.05) is 13.8 Å². The highest BCUT2D eigenvalue weighted by Crippen LogP contribution is 2.03. The Morgan fingerprint density at radius 2 is 2.21 bits per heavy atom. The van der Waals surface area contributed by atoms with Crippen LogP contribution in [0, 0.1) is 0 Å². The summed E-state index contributed by atoms with van der Waals surface area (Å²) in [6, 6.07) is 4.47. The molecule has 4 heteroatoms. The van der Waals surface area contributed by atoms with Crippen molar-refractivity contribution < 1.29 is 4.79 Å². The number of carbonyl (C=O) groups excluding carboxylic acids is 1. The minimum Gasteiger partial charge on any atom is -0.354 e. The summed E-state index contributed by atoms with van der Waals surface area (Å²) in [6.45, 7) is 8.88. The zero-order chi connectivity index (χ0) is 14.1. The van der Waals surface area contributed by atoms with Crippen LogP contribution in [-0.2, 0) is 17.9 Å². The van der Waals surface area contributed by atoms with Gasteiger partial charge in [-0.3, -0.25) is 4.79 Å². The van der Waals surface area contributed by atoms with Crippen molar-refractivity contribution in [2.75, 3.05) is 6.54 Å². The van der Waals surface area contributed by atoms with E-state index in [4.69, 9.17) is 0 Å². The van der Waals surface area contributed by atoms with E-state index in [-0.39, 0.29) is 11.9 Å². The van der Waals surface area contributed by atoms with Crippen molar-refractivity contribution in [3.63, 3.8) is 0 Å². The number of rotatable bonds is 9. The van der Waals surface area contributed by atoms with Gasteiger partial charge < -0.3 is 15.2 Å². The molecule has 19 heavy (non-hydrogen) atoms. The fourth-order valence-corrected chi connectivity index (χ4v) is 1.94. The van der Waals surface area contributed by atoms with Crippen LogP contribution in [0.2, 0.25) is 0 Å². The Morgan fingerprint density at radius 1 is 1.42 bits per heavy atom.